The Morgan fingerprint density at radius 2 is 2.11 bits per heavy atom. The Hall–Kier alpha value is -0.680. The normalized spacial score (nSPS) is 20.3. The maximum Gasteiger partial charge on any atom is 0.141 e. The number of aromatic nitrogens is 2. The summed E-state index contributed by atoms with van der Waals surface area (Å²) in [5.74, 6) is 1.30. The van der Waals surface area contributed by atoms with Gasteiger partial charge in [0.2, 0.25) is 0 Å². The zero-order chi connectivity index (χ0) is 13.3. The molecule has 1 aliphatic rings. The van der Waals surface area contributed by atoms with E-state index in [0.29, 0.717) is 5.82 Å². The van der Waals surface area contributed by atoms with Crippen LogP contribution < -0.4 is 5.73 Å². The van der Waals surface area contributed by atoms with Crippen molar-refractivity contribution < 1.29 is 4.74 Å². The lowest BCUT2D eigenvalue weighted by Crippen LogP contribution is -2.20. The fourth-order valence-corrected chi connectivity index (χ4v) is 2.88. The third-order valence-electron chi connectivity index (χ3n) is 3.07. The van der Waals surface area contributed by atoms with Gasteiger partial charge in [0.1, 0.15) is 11.6 Å². The van der Waals surface area contributed by atoms with E-state index in [2.05, 4.69) is 46.7 Å². The molecule has 5 heteroatoms. The number of anilines is 1. The summed E-state index contributed by atoms with van der Waals surface area (Å²) in [4.78, 5) is 9.00. The van der Waals surface area contributed by atoms with Crippen LogP contribution in [-0.4, -0.2) is 22.7 Å². The number of hydrogen-bond donors (Lipinski definition) is 1. The van der Waals surface area contributed by atoms with Crippen LogP contribution in [0.25, 0.3) is 0 Å². The highest BCUT2D eigenvalue weighted by atomic mass is 79.9. The number of nitrogens with two attached hydrogens (primary N) is 1. The first-order chi connectivity index (χ1) is 8.38. The molecule has 100 valence electrons. The van der Waals surface area contributed by atoms with Gasteiger partial charge in [0.05, 0.1) is 16.3 Å². The van der Waals surface area contributed by atoms with Gasteiger partial charge in [0, 0.05) is 18.4 Å². The largest absolute Gasteiger partial charge is 0.383 e. The van der Waals surface area contributed by atoms with E-state index in [-0.39, 0.29) is 11.5 Å². The Morgan fingerprint density at radius 3 is 2.67 bits per heavy atom. The first-order valence-corrected chi connectivity index (χ1v) is 7.11. The van der Waals surface area contributed by atoms with E-state index < -0.39 is 0 Å². The van der Waals surface area contributed by atoms with E-state index in [0.717, 1.165) is 41.9 Å². The van der Waals surface area contributed by atoms with Crippen LogP contribution in [0.5, 0.6) is 0 Å². The summed E-state index contributed by atoms with van der Waals surface area (Å²) in [5, 5.41) is 0. The van der Waals surface area contributed by atoms with Crippen LogP contribution in [-0.2, 0) is 16.6 Å². The second-order valence-corrected chi connectivity index (χ2v) is 6.57. The van der Waals surface area contributed by atoms with Gasteiger partial charge in [-0.3, -0.25) is 0 Å². The Labute approximate surface area is 116 Å². The molecule has 1 aliphatic heterocycles. The minimum absolute atomic E-state index is 0.0544. The molecule has 1 fully saturated rings. The van der Waals surface area contributed by atoms with Crippen molar-refractivity contribution >= 4 is 21.7 Å². The molecule has 4 nitrogen and oxygen atoms in total. The molecule has 0 spiro atoms. The van der Waals surface area contributed by atoms with Crippen LogP contribution in [0, 0.1) is 0 Å². The minimum atomic E-state index is -0.0544. The molecule has 0 bridgehead atoms. The number of halogens is 1. The van der Waals surface area contributed by atoms with Crippen molar-refractivity contribution in [3.63, 3.8) is 0 Å². The number of ether oxygens (including phenoxy) is 1. The highest BCUT2D eigenvalue weighted by Gasteiger charge is 2.24. The standard InChI is InChI=1S/C13H20BrN3O/c1-13(2,3)11-10(14)12(15)17-9(16-11)7-8-5-4-6-18-8/h8H,4-7H2,1-3H3,(H2,15,16,17). The Morgan fingerprint density at radius 1 is 1.39 bits per heavy atom. The molecule has 2 rings (SSSR count). The molecule has 1 aromatic heterocycles. The molecule has 1 aromatic rings. The summed E-state index contributed by atoms with van der Waals surface area (Å²) in [6.45, 7) is 7.21. The van der Waals surface area contributed by atoms with E-state index in [9.17, 15) is 0 Å². The van der Waals surface area contributed by atoms with Crippen LogP contribution in [0.4, 0.5) is 5.82 Å². The lowest BCUT2D eigenvalue weighted by molar-refractivity contribution is 0.110. The number of nitrogens with zero attached hydrogens (tertiary/aromatic N) is 2. The minimum Gasteiger partial charge on any atom is -0.383 e. The monoisotopic (exact) mass is 313 g/mol. The third kappa shape index (κ3) is 3.01. The quantitative estimate of drug-likeness (QED) is 0.912. The van der Waals surface area contributed by atoms with Crippen molar-refractivity contribution in [2.75, 3.05) is 12.3 Å². The summed E-state index contributed by atoms with van der Waals surface area (Å²) in [6.07, 6.45) is 3.21. The molecular weight excluding hydrogens is 294 g/mol. The van der Waals surface area contributed by atoms with Gasteiger partial charge >= 0.3 is 0 Å². The van der Waals surface area contributed by atoms with Gasteiger partial charge in [0.15, 0.2) is 0 Å². The van der Waals surface area contributed by atoms with Crippen molar-refractivity contribution in [2.45, 2.75) is 51.6 Å². The van der Waals surface area contributed by atoms with Crippen LogP contribution in [0.15, 0.2) is 4.47 Å². The van der Waals surface area contributed by atoms with Crippen molar-refractivity contribution in [1.29, 1.82) is 0 Å². The van der Waals surface area contributed by atoms with Gasteiger partial charge in [-0.05, 0) is 28.8 Å². The fourth-order valence-electron chi connectivity index (χ4n) is 2.11. The first-order valence-electron chi connectivity index (χ1n) is 6.32. The predicted molar refractivity (Wildman–Crippen MR) is 75.5 cm³/mol. The zero-order valence-electron chi connectivity index (χ0n) is 11.2. The van der Waals surface area contributed by atoms with Crippen LogP contribution >= 0.6 is 15.9 Å². The second-order valence-electron chi connectivity index (χ2n) is 5.78. The molecule has 1 saturated heterocycles. The summed E-state index contributed by atoms with van der Waals surface area (Å²) in [7, 11) is 0. The van der Waals surface area contributed by atoms with E-state index in [1.54, 1.807) is 0 Å². The van der Waals surface area contributed by atoms with Crippen LogP contribution in [0.1, 0.15) is 45.1 Å². The maximum absolute atomic E-state index is 5.95. The number of hydrogen-bond acceptors (Lipinski definition) is 4. The van der Waals surface area contributed by atoms with Gasteiger partial charge < -0.3 is 10.5 Å². The smallest absolute Gasteiger partial charge is 0.141 e. The van der Waals surface area contributed by atoms with Crippen molar-refractivity contribution in [2.24, 2.45) is 0 Å². The Balaban J connectivity index is 2.28. The molecular formula is C13H20BrN3O. The molecule has 0 aromatic carbocycles. The van der Waals surface area contributed by atoms with Crippen molar-refractivity contribution in [3.05, 3.63) is 16.0 Å². The SMILES string of the molecule is CC(C)(C)c1nc(CC2CCCO2)nc(N)c1Br. The molecule has 0 amide bonds. The molecule has 1 atom stereocenters. The summed E-state index contributed by atoms with van der Waals surface area (Å²) < 4.78 is 6.43. The fraction of sp³-hybridized carbons (Fsp3) is 0.692. The van der Waals surface area contributed by atoms with Gasteiger partial charge in [-0.25, -0.2) is 9.97 Å². The zero-order valence-corrected chi connectivity index (χ0v) is 12.7. The maximum atomic E-state index is 5.95. The first kappa shape index (κ1) is 13.7. The van der Waals surface area contributed by atoms with Gasteiger partial charge in [-0.15, -0.1) is 0 Å². The van der Waals surface area contributed by atoms with E-state index in [1.807, 2.05) is 0 Å². The highest BCUT2D eigenvalue weighted by molar-refractivity contribution is 9.10. The molecule has 0 radical (unpaired) electrons. The molecule has 0 aliphatic carbocycles. The summed E-state index contributed by atoms with van der Waals surface area (Å²) in [6, 6.07) is 0. The summed E-state index contributed by atoms with van der Waals surface area (Å²) >= 11 is 3.48. The third-order valence-corrected chi connectivity index (χ3v) is 3.85. The number of rotatable bonds is 2. The average molecular weight is 314 g/mol. The van der Waals surface area contributed by atoms with Crippen LogP contribution in [0.3, 0.4) is 0 Å². The second kappa shape index (κ2) is 5.13. The van der Waals surface area contributed by atoms with E-state index >= 15 is 0 Å². The summed E-state index contributed by atoms with van der Waals surface area (Å²) in [5.41, 5.74) is 6.86. The molecule has 1 unspecified atom stereocenters. The Kier molecular flexibility index (Phi) is 3.92. The van der Waals surface area contributed by atoms with E-state index in [1.165, 1.54) is 0 Å². The van der Waals surface area contributed by atoms with Crippen LogP contribution in [0.2, 0.25) is 0 Å². The van der Waals surface area contributed by atoms with Crippen molar-refractivity contribution in [3.8, 4) is 0 Å². The molecule has 2 N–H and O–H groups in total. The average Bonchev–Trinajstić information content (AvgIpc) is 2.74. The van der Waals surface area contributed by atoms with Gasteiger partial charge in [0.25, 0.3) is 0 Å². The number of nitrogen functional groups attached to an aromatic ring is 1. The van der Waals surface area contributed by atoms with E-state index in [4.69, 9.17) is 10.5 Å². The molecule has 18 heavy (non-hydrogen) atoms. The molecule has 2 heterocycles. The Bertz CT molecular complexity index is 437. The predicted octanol–water partition coefficient (Wildman–Crippen LogP) is 2.84. The highest BCUT2D eigenvalue weighted by Crippen LogP contribution is 2.31. The van der Waals surface area contributed by atoms with Crippen molar-refractivity contribution in [1.82, 2.24) is 9.97 Å². The lowest BCUT2D eigenvalue weighted by Gasteiger charge is -2.21. The lowest BCUT2D eigenvalue weighted by atomic mass is 9.92. The topological polar surface area (TPSA) is 61.0 Å². The van der Waals surface area contributed by atoms with Gasteiger partial charge in [-0.1, -0.05) is 20.8 Å². The molecule has 0 saturated carbocycles. The van der Waals surface area contributed by atoms with Gasteiger partial charge in [-0.2, -0.15) is 0 Å².